The molecule has 0 aromatic heterocycles. The summed E-state index contributed by atoms with van der Waals surface area (Å²) in [7, 11) is 0. The molecular formula is C27H35N3OS. The Hall–Kier alpha value is -2.50. The Morgan fingerprint density at radius 3 is 2.19 bits per heavy atom. The Bertz CT molecular complexity index is 1050. The number of allylic oxidation sites excluding steroid dienone is 1. The van der Waals surface area contributed by atoms with Crippen LogP contribution in [0.15, 0.2) is 64.4 Å². The van der Waals surface area contributed by atoms with E-state index in [0.29, 0.717) is 11.4 Å². The van der Waals surface area contributed by atoms with Crippen molar-refractivity contribution in [3.8, 4) is 5.75 Å². The van der Waals surface area contributed by atoms with Gasteiger partial charge in [-0.25, -0.2) is 5.43 Å². The smallest absolute Gasteiger partial charge is 0.143 e. The zero-order chi connectivity index (χ0) is 23.7. The standard InChI is InChI=1S/C27H35N3OS/c1-17-14-21(27(5,6)7)25(31)24(15-17)30-29-23-13-12-20(16-22(23)28)32-19-10-8-18(9-11-19)26(2,3)4/h8-16,23,28-31H,1-7H3. The molecule has 0 spiro atoms. The van der Waals surface area contributed by atoms with Crippen LogP contribution in [0.25, 0.3) is 0 Å². The van der Waals surface area contributed by atoms with Crippen LogP contribution >= 0.6 is 11.8 Å². The van der Waals surface area contributed by atoms with Crippen LogP contribution in [0.2, 0.25) is 0 Å². The molecule has 0 amide bonds. The monoisotopic (exact) mass is 449 g/mol. The number of rotatable bonds is 5. The van der Waals surface area contributed by atoms with Gasteiger partial charge in [0.2, 0.25) is 0 Å². The van der Waals surface area contributed by atoms with E-state index in [-0.39, 0.29) is 22.6 Å². The highest BCUT2D eigenvalue weighted by Crippen LogP contribution is 2.37. The van der Waals surface area contributed by atoms with Crippen LogP contribution in [-0.4, -0.2) is 16.9 Å². The normalized spacial score (nSPS) is 16.8. The van der Waals surface area contributed by atoms with Crippen molar-refractivity contribution >= 4 is 23.2 Å². The summed E-state index contributed by atoms with van der Waals surface area (Å²) in [6, 6.07) is 12.3. The van der Waals surface area contributed by atoms with E-state index in [2.05, 4.69) is 76.7 Å². The molecule has 2 aromatic carbocycles. The highest BCUT2D eigenvalue weighted by molar-refractivity contribution is 8.03. The number of aromatic hydroxyl groups is 1. The van der Waals surface area contributed by atoms with Gasteiger partial charge in [-0.2, -0.15) is 0 Å². The fourth-order valence-corrected chi connectivity index (χ4v) is 4.41. The molecule has 4 nitrogen and oxygen atoms in total. The molecule has 5 heteroatoms. The van der Waals surface area contributed by atoms with Crippen LogP contribution < -0.4 is 10.9 Å². The van der Waals surface area contributed by atoms with E-state index >= 15 is 0 Å². The zero-order valence-corrected chi connectivity index (χ0v) is 20.9. The molecule has 0 radical (unpaired) electrons. The summed E-state index contributed by atoms with van der Waals surface area (Å²) < 4.78 is 0. The van der Waals surface area contributed by atoms with Gasteiger partial charge in [-0.05, 0) is 53.2 Å². The topological polar surface area (TPSA) is 68.1 Å². The Balaban J connectivity index is 1.65. The molecule has 1 atom stereocenters. The third kappa shape index (κ3) is 5.84. The van der Waals surface area contributed by atoms with Gasteiger partial charge >= 0.3 is 0 Å². The summed E-state index contributed by atoms with van der Waals surface area (Å²) in [5, 5.41) is 19.2. The minimum absolute atomic E-state index is 0.139. The second kappa shape index (κ2) is 9.16. The summed E-state index contributed by atoms with van der Waals surface area (Å²) in [6.45, 7) is 14.9. The quantitative estimate of drug-likeness (QED) is 0.298. The molecule has 170 valence electrons. The van der Waals surface area contributed by atoms with Crippen molar-refractivity contribution in [2.45, 2.75) is 70.2 Å². The van der Waals surface area contributed by atoms with E-state index in [1.165, 1.54) is 5.56 Å². The van der Waals surface area contributed by atoms with Crippen LogP contribution in [-0.2, 0) is 10.8 Å². The summed E-state index contributed by atoms with van der Waals surface area (Å²) in [5.41, 5.74) is 10.6. The Labute approximate surface area is 196 Å². The van der Waals surface area contributed by atoms with E-state index in [0.717, 1.165) is 20.9 Å². The Morgan fingerprint density at radius 1 is 0.969 bits per heavy atom. The average Bonchev–Trinajstić information content (AvgIpc) is 2.68. The van der Waals surface area contributed by atoms with Crippen LogP contribution in [0.3, 0.4) is 0 Å². The van der Waals surface area contributed by atoms with Gasteiger partial charge in [0, 0.05) is 15.4 Å². The molecule has 2 aromatic rings. The lowest BCUT2D eigenvalue weighted by atomic mass is 9.85. The van der Waals surface area contributed by atoms with Crippen molar-refractivity contribution in [3.63, 3.8) is 0 Å². The highest BCUT2D eigenvalue weighted by atomic mass is 32.2. The van der Waals surface area contributed by atoms with E-state index in [1.807, 2.05) is 37.3 Å². The van der Waals surface area contributed by atoms with E-state index in [9.17, 15) is 5.11 Å². The molecule has 0 saturated carbocycles. The van der Waals surface area contributed by atoms with Gasteiger partial charge in [0.15, 0.2) is 0 Å². The summed E-state index contributed by atoms with van der Waals surface area (Å²) >= 11 is 1.66. The van der Waals surface area contributed by atoms with Crippen LogP contribution in [0.4, 0.5) is 5.69 Å². The second-order valence-corrected chi connectivity index (χ2v) is 11.6. The third-order valence-corrected chi connectivity index (χ3v) is 6.46. The molecule has 1 unspecified atom stereocenters. The minimum atomic E-state index is -0.277. The molecule has 0 saturated heterocycles. The Kier molecular flexibility index (Phi) is 6.91. The average molecular weight is 450 g/mol. The van der Waals surface area contributed by atoms with Gasteiger partial charge in [0.1, 0.15) is 5.75 Å². The number of benzene rings is 2. The van der Waals surface area contributed by atoms with E-state index < -0.39 is 0 Å². The number of phenolic OH excluding ortho intramolecular Hbond substituents is 1. The molecule has 0 heterocycles. The minimum Gasteiger partial charge on any atom is -0.505 e. The second-order valence-electron chi connectivity index (χ2n) is 10.4. The number of hydrogen-bond acceptors (Lipinski definition) is 5. The molecular weight excluding hydrogens is 414 g/mol. The van der Waals surface area contributed by atoms with Gasteiger partial charge < -0.3 is 15.9 Å². The highest BCUT2D eigenvalue weighted by Gasteiger charge is 2.22. The summed E-state index contributed by atoms with van der Waals surface area (Å²) in [5.74, 6) is 0.243. The first-order valence-electron chi connectivity index (χ1n) is 11.0. The molecule has 1 aliphatic carbocycles. The first-order chi connectivity index (χ1) is 14.8. The van der Waals surface area contributed by atoms with E-state index in [4.69, 9.17) is 5.41 Å². The molecule has 3 rings (SSSR count). The maximum atomic E-state index is 10.7. The van der Waals surface area contributed by atoms with Gasteiger partial charge in [-0.1, -0.05) is 83.7 Å². The number of nitrogens with one attached hydrogen (secondary N) is 3. The van der Waals surface area contributed by atoms with Gasteiger partial charge in [0.05, 0.1) is 17.4 Å². The van der Waals surface area contributed by atoms with Crippen LogP contribution in [0.1, 0.15) is 58.2 Å². The zero-order valence-electron chi connectivity index (χ0n) is 20.1. The number of aryl methyl sites for hydroxylation is 1. The molecule has 0 bridgehead atoms. The predicted molar refractivity (Wildman–Crippen MR) is 138 cm³/mol. The van der Waals surface area contributed by atoms with Crippen molar-refractivity contribution in [3.05, 3.63) is 76.2 Å². The van der Waals surface area contributed by atoms with Crippen molar-refractivity contribution in [2.24, 2.45) is 0 Å². The lowest BCUT2D eigenvalue weighted by molar-refractivity contribution is 0.447. The maximum absolute atomic E-state index is 10.7. The lowest BCUT2D eigenvalue weighted by Gasteiger charge is -2.25. The summed E-state index contributed by atoms with van der Waals surface area (Å²) in [6.07, 6.45) is 5.90. The van der Waals surface area contributed by atoms with Crippen LogP contribution in [0, 0.1) is 12.3 Å². The first-order valence-corrected chi connectivity index (χ1v) is 11.8. The van der Waals surface area contributed by atoms with Crippen molar-refractivity contribution in [1.82, 2.24) is 5.43 Å². The number of hydrazine groups is 1. The van der Waals surface area contributed by atoms with E-state index in [1.54, 1.807) is 11.8 Å². The van der Waals surface area contributed by atoms with Gasteiger partial charge in [-0.15, -0.1) is 0 Å². The number of phenols is 1. The number of thioether (sulfide) groups is 1. The fraction of sp³-hybridized carbons (Fsp3) is 0.370. The Morgan fingerprint density at radius 2 is 1.62 bits per heavy atom. The first kappa shape index (κ1) is 24.1. The molecule has 4 N–H and O–H groups in total. The molecule has 32 heavy (non-hydrogen) atoms. The van der Waals surface area contributed by atoms with Crippen molar-refractivity contribution in [1.29, 1.82) is 5.41 Å². The van der Waals surface area contributed by atoms with Crippen molar-refractivity contribution < 1.29 is 5.11 Å². The molecule has 0 aliphatic heterocycles. The molecule has 0 fully saturated rings. The predicted octanol–water partition coefficient (Wildman–Crippen LogP) is 6.85. The number of anilines is 1. The van der Waals surface area contributed by atoms with Gasteiger partial charge in [0.25, 0.3) is 0 Å². The molecule has 1 aliphatic rings. The number of hydrogen-bond donors (Lipinski definition) is 4. The maximum Gasteiger partial charge on any atom is 0.143 e. The van der Waals surface area contributed by atoms with Crippen LogP contribution in [0.5, 0.6) is 5.75 Å². The van der Waals surface area contributed by atoms with Crippen molar-refractivity contribution in [2.75, 3.05) is 5.43 Å². The SMILES string of the molecule is Cc1cc(NNC2C=CC(Sc3ccc(C(C)(C)C)cc3)=CC2=N)c(O)c(C(C)(C)C)c1. The summed E-state index contributed by atoms with van der Waals surface area (Å²) in [4.78, 5) is 2.19. The van der Waals surface area contributed by atoms with Gasteiger partial charge in [-0.3, -0.25) is 0 Å². The third-order valence-electron chi connectivity index (χ3n) is 5.47. The lowest BCUT2D eigenvalue weighted by Crippen LogP contribution is -2.39. The largest absolute Gasteiger partial charge is 0.505 e. The fourth-order valence-electron chi connectivity index (χ4n) is 3.54.